The molecule has 0 spiro atoms. The Morgan fingerprint density at radius 1 is 1.41 bits per heavy atom. The highest BCUT2D eigenvalue weighted by Gasteiger charge is 2.35. The molecule has 0 unspecified atom stereocenters. The maximum absolute atomic E-state index is 12.7. The second kappa shape index (κ2) is 7.58. The highest BCUT2D eigenvalue weighted by atomic mass is 32.2. The molecule has 1 saturated heterocycles. The van der Waals surface area contributed by atoms with Gasteiger partial charge in [-0.05, 0) is 18.8 Å². The molecule has 3 heterocycles. The van der Waals surface area contributed by atoms with Crippen molar-refractivity contribution in [3.8, 4) is 0 Å². The zero-order chi connectivity index (χ0) is 19.7. The lowest BCUT2D eigenvalue weighted by atomic mass is 10.0. The first-order valence-corrected chi connectivity index (χ1v) is 10.8. The van der Waals surface area contributed by atoms with E-state index in [4.69, 9.17) is 0 Å². The van der Waals surface area contributed by atoms with Crippen molar-refractivity contribution in [2.75, 3.05) is 18.1 Å². The fourth-order valence-corrected chi connectivity index (χ4v) is 5.46. The summed E-state index contributed by atoms with van der Waals surface area (Å²) in [6.07, 6.45) is -2.05. The predicted molar refractivity (Wildman–Crippen MR) is 91.8 cm³/mol. The van der Waals surface area contributed by atoms with Crippen molar-refractivity contribution in [3.63, 3.8) is 0 Å². The maximum atomic E-state index is 12.7. The highest BCUT2D eigenvalue weighted by Crippen LogP contribution is 2.28. The number of halogens is 3. The predicted octanol–water partition coefficient (Wildman–Crippen LogP) is 2.35. The Morgan fingerprint density at radius 2 is 2.19 bits per heavy atom. The molecule has 1 amide bonds. The second-order valence-corrected chi connectivity index (χ2v) is 9.62. The van der Waals surface area contributed by atoms with Crippen LogP contribution in [0.15, 0.2) is 17.8 Å². The van der Waals surface area contributed by atoms with Crippen LogP contribution in [0.5, 0.6) is 0 Å². The van der Waals surface area contributed by atoms with Gasteiger partial charge in [-0.25, -0.2) is 8.42 Å². The van der Waals surface area contributed by atoms with Gasteiger partial charge in [0.1, 0.15) is 5.69 Å². The molecular weight excluding hydrogens is 405 g/mol. The van der Waals surface area contributed by atoms with Crippen LogP contribution in [0, 0.1) is 5.92 Å². The first-order chi connectivity index (χ1) is 12.6. The molecule has 1 aliphatic rings. The van der Waals surface area contributed by atoms with Crippen molar-refractivity contribution in [2.45, 2.75) is 25.6 Å². The van der Waals surface area contributed by atoms with Gasteiger partial charge in [0.25, 0.3) is 5.91 Å². The number of aromatic amines is 1. The van der Waals surface area contributed by atoms with Gasteiger partial charge in [0.2, 0.25) is 0 Å². The van der Waals surface area contributed by atoms with Crippen molar-refractivity contribution in [1.82, 2.24) is 20.1 Å². The van der Waals surface area contributed by atoms with Crippen molar-refractivity contribution in [1.29, 1.82) is 0 Å². The van der Waals surface area contributed by atoms with E-state index in [0.717, 1.165) is 4.88 Å². The Balaban J connectivity index is 1.72. The summed E-state index contributed by atoms with van der Waals surface area (Å²) in [7, 11) is -3.03. The van der Waals surface area contributed by atoms with Gasteiger partial charge in [0.05, 0.1) is 23.6 Å². The van der Waals surface area contributed by atoms with Gasteiger partial charge in [-0.3, -0.25) is 14.9 Å². The molecule has 1 fully saturated rings. The Hall–Kier alpha value is -1.95. The monoisotopic (exact) mass is 422 g/mol. The minimum atomic E-state index is -4.62. The molecule has 0 aromatic carbocycles. The van der Waals surface area contributed by atoms with Crippen LogP contribution in [0.1, 0.15) is 33.9 Å². The lowest BCUT2D eigenvalue weighted by Crippen LogP contribution is -2.32. The van der Waals surface area contributed by atoms with Crippen molar-refractivity contribution < 1.29 is 26.4 Å². The van der Waals surface area contributed by atoms with Gasteiger partial charge in [-0.2, -0.15) is 18.3 Å². The van der Waals surface area contributed by atoms with E-state index in [2.05, 4.69) is 10.1 Å². The number of rotatable bonds is 6. The molecule has 0 radical (unpaired) electrons. The fourth-order valence-electron chi connectivity index (χ4n) is 2.94. The number of nitrogens with zero attached hydrogens (tertiary/aromatic N) is 3. The Labute approximate surface area is 157 Å². The molecule has 27 heavy (non-hydrogen) atoms. The van der Waals surface area contributed by atoms with Gasteiger partial charge < -0.3 is 4.90 Å². The zero-order valence-electron chi connectivity index (χ0n) is 14.1. The number of H-pyrrole nitrogens is 1. The molecule has 2 aromatic heterocycles. The molecule has 1 N–H and O–H groups in total. The molecule has 0 saturated carbocycles. The summed E-state index contributed by atoms with van der Waals surface area (Å²) in [5.41, 5.74) is 0.175. The van der Waals surface area contributed by atoms with E-state index in [1.807, 2.05) is 5.10 Å². The summed E-state index contributed by atoms with van der Waals surface area (Å²) in [6, 6.07) is 0.683. The lowest BCUT2D eigenvalue weighted by Gasteiger charge is -2.22. The van der Waals surface area contributed by atoms with E-state index < -0.39 is 27.6 Å². The quantitative estimate of drug-likeness (QED) is 0.771. The zero-order valence-corrected chi connectivity index (χ0v) is 15.7. The van der Waals surface area contributed by atoms with Gasteiger partial charge in [0.15, 0.2) is 15.5 Å². The molecule has 1 aliphatic heterocycles. The van der Waals surface area contributed by atoms with Gasteiger partial charge >= 0.3 is 6.18 Å². The number of hydrogen-bond donors (Lipinski definition) is 1. The third-order valence-electron chi connectivity index (χ3n) is 4.35. The Kier molecular flexibility index (Phi) is 5.56. The van der Waals surface area contributed by atoms with Crippen LogP contribution in [0.3, 0.4) is 0 Å². The first kappa shape index (κ1) is 19.8. The topological polar surface area (TPSA) is 96.0 Å². The van der Waals surface area contributed by atoms with E-state index in [1.165, 1.54) is 16.2 Å². The van der Waals surface area contributed by atoms with Crippen LogP contribution in [0.25, 0.3) is 0 Å². The SMILES string of the molecule is O=C(c1cc(C(F)(F)F)[nH]n1)N(CC[C@@H]1CCS(=O)(=O)C1)Cc1cncs1. The summed E-state index contributed by atoms with van der Waals surface area (Å²) < 4.78 is 61.4. The van der Waals surface area contributed by atoms with Crippen LogP contribution in [0.4, 0.5) is 13.2 Å². The molecule has 7 nitrogen and oxygen atoms in total. The molecule has 3 rings (SSSR count). The van der Waals surface area contributed by atoms with Gasteiger partial charge in [0, 0.05) is 23.7 Å². The van der Waals surface area contributed by atoms with Gasteiger partial charge in [-0.15, -0.1) is 11.3 Å². The molecule has 1 atom stereocenters. The van der Waals surface area contributed by atoms with Crippen LogP contribution in [0.2, 0.25) is 0 Å². The summed E-state index contributed by atoms with van der Waals surface area (Å²) in [5, 5.41) is 5.33. The number of carbonyl (C=O) groups excluding carboxylic acids is 1. The van der Waals surface area contributed by atoms with Crippen LogP contribution in [-0.4, -0.2) is 52.5 Å². The second-order valence-electron chi connectivity index (χ2n) is 6.42. The number of nitrogens with one attached hydrogen (secondary N) is 1. The van der Waals surface area contributed by atoms with Gasteiger partial charge in [-0.1, -0.05) is 0 Å². The van der Waals surface area contributed by atoms with E-state index in [1.54, 1.807) is 11.7 Å². The summed E-state index contributed by atoms with van der Waals surface area (Å²) in [5.74, 6) is -0.488. The average Bonchev–Trinajstić information content (AvgIpc) is 3.31. The molecule has 0 aliphatic carbocycles. The van der Waals surface area contributed by atoms with E-state index in [-0.39, 0.29) is 36.2 Å². The van der Waals surface area contributed by atoms with E-state index >= 15 is 0 Å². The smallest absolute Gasteiger partial charge is 0.332 e. The number of sulfone groups is 1. The fraction of sp³-hybridized carbons (Fsp3) is 0.533. The van der Waals surface area contributed by atoms with Crippen LogP contribution < -0.4 is 0 Å². The number of hydrogen-bond acceptors (Lipinski definition) is 6. The molecular formula is C15H17F3N4O3S2. The van der Waals surface area contributed by atoms with Crippen molar-refractivity contribution in [2.24, 2.45) is 5.92 Å². The maximum Gasteiger partial charge on any atom is 0.432 e. The molecule has 0 bridgehead atoms. The molecule has 148 valence electrons. The van der Waals surface area contributed by atoms with E-state index in [0.29, 0.717) is 18.9 Å². The summed E-state index contributed by atoms with van der Waals surface area (Å²) >= 11 is 1.32. The van der Waals surface area contributed by atoms with Crippen LogP contribution >= 0.6 is 11.3 Å². The Bertz CT molecular complexity index is 894. The van der Waals surface area contributed by atoms with E-state index in [9.17, 15) is 26.4 Å². The number of thiazole rings is 1. The van der Waals surface area contributed by atoms with Crippen LogP contribution in [-0.2, 0) is 22.6 Å². The normalized spacial score (nSPS) is 19.3. The first-order valence-electron chi connectivity index (χ1n) is 8.14. The summed E-state index contributed by atoms with van der Waals surface area (Å²) in [4.78, 5) is 18.8. The minimum Gasteiger partial charge on any atom is -0.332 e. The van der Waals surface area contributed by atoms with Crippen molar-refractivity contribution in [3.05, 3.63) is 34.0 Å². The Morgan fingerprint density at radius 3 is 2.74 bits per heavy atom. The third-order valence-corrected chi connectivity index (χ3v) is 6.96. The number of aromatic nitrogens is 3. The molecule has 12 heteroatoms. The van der Waals surface area contributed by atoms with Crippen molar-refractivity contribution >= 4 is 27.1 Å². The standard InChI is InChI=1S/C15H17F3N4O3S2/c16-15(17,18)13-5-12(20-21-13)14(23)22(7-11-6-19-9-26-11)3-1-10-2-4-27(24,25)8-10/h5-6,9-10H,1-4,7-8H2,(H,20,21)/t10-/m1/s1. The molecule has 2 aromatic rings. The number of alkyl halides is 3. The summed E-state index contributed by atoms with van der Waals surface area (Å²) in [6.45, 7) is 0.405. The number of carbonyl (C=O) groups is 1. The number of amides is 1. The average molecular weight is 422 g/mol. The largest absolute Gasteiger partial charge is 0.432 e. The lowest BCUT2D eigenvalue weighted by molar-refractivity contribution is -0.141. The highest BCUT2D eigenvalue weighted by molar-refractivity contribution is 7.91. The third kappa shape index (κ3) is 5.06. The minimum absolute atomic E-state index is 0.0586.